The minimum absolute atomic E-state index is 0.347. The van der Waals surface area contributed by atoms with Gasteiger partial charge in [0.05, 0.1) is 6.61 Å². The van der Waals surface area contributed by atoms with Gasteiger partial charge in [0.1, 0.15) is 5.75 Å². The second-order valence-corrected chi connectivity index (χ2v) is 4.78. The van der Waals surface area contributed by atoms with E-state index < -0.39 is 0 Å². The summed E-state index contributed by atoms with van der Waals surface area (Å²) in [7, 11) is 2.02. The molecule has 2 rings (SSSR count). The maximum Gasteiger partial charge on any atom is 0.124 e. The number of rotatable bonds is 6. The molecule has 18 heavy (non-hydrogen) atoms. The van der Waals surface area contributed by atoms with Crippen LogP contribution in [0.25, 0.3) is 0 Å². The second-order valence-electron chi connectivity index (χ2n) is 4.78. The lowest BCUT2D eigenvalue weighted by Gasteiger charge is -2.22. The molecule has 1 N–H and O–H groups in total. The Kier molecular flexibility index (Phi) is 5.02. The molecule has 3 nitrogen and oxygen atoms in total. The minimum atomic E-state index is 0.347. The Morgan fingerprint density at radius 3 is 2.94 bits per heavy atom. The molecule has 1 saturated heterocycles. The average molecular weight is 249 g/mol. The van der Waals surface area contributed by atoms with Crippen molar-refractivity contribution in [3.63, 3.8) is 0 Å². The van der Waals surface area contributed by atoms with E-state index in [1.165, 1.54) is 12.0 Å². The molecule has 0 aliphatic carbocycles. The summed E-state index contributed by atoms with van der Waals surface area (Å²) in [5.74, 6) is 1.66. The number of hydrogen-bond donors (Lipinski definition) is 1. The number of hydrogen-bond acceptors (Lipinski definition) is 3. The summed E-state index contributed by atoms with van der Waals surface area (Å²) in [5, 5.41) is 3.41. The zero-order valence-corrected chi connectivity index (χ0v) is 11.3. The number of benzene rings is 1. The van der Waals surface area contributed by atoms with E-state index in [4.69, 9.17) is 9.47 Å². The van der Waals surface area contributed by atoms with Crippen LogP contribution in [0, 0.1) is 5.92 Å². The first kappa shape index (κ1) is 13.4. The van der Waals surface area contributed by atoms with Crippen LogP contribution in [0.3, 0.4) is 0 Å². The van der Waals surface area contributed by atoms with E-state index in [0.717, 1.165) is 25.4 Å². The molecule has 2 atom stereocenters. The van der Waals surface area contributed by atoms with Gasteiger partial charge in [0.25, 0.3) is 0 Å². The van der Waals surface area contributed by atoms with Crippen molar-refractivity contribution in [2.45, 2.75) is 25.8 Å². The van der Waals surface area contributed by atoms with Crippen molar-refractivity contribution >= 4 is 0 Å². The molecule has 1 aromatic carbocycles. The van der Waals surface area contributed by atoms with Crippen molar-refractivity contribution < 1.29 is 9.47 Å². The van der Waals surface area contributed by atoms with Crippen LogP contribution >= 0.6 is 0 Å². The normalized spacial score (nSPS) is 20.9. The smallest absolute Gasteiger partial charge is 0.124 e. The summed E-state index contributed by atoms with van der Waals surface area (Å²) in [6.45, 7) is 4.54. The summed E-state index contributed by atoms with van der Waals surface area (Å²) in [5.41, 5.74) is 1.26. The van der Waals surface area contributed by atoms with E-state index in [0.29, 0.717) is 18.6 Å². The Hall–Kier alpha value is -1.06. The third-order valence-corrected chi connectivity index (χ3v) is 3.54. The predicted octanol–water partition coefficient (Wildman–Crippen LogP) is 2.77. The minimum Gasteiger partial charge on any atom is -0.494 e. The molecule has 2 unspecified atom stereocenters. The zero-order valence-electron chi connectivity index (χ0n) is 11.3. The fourth-order valence-corrected chi connectivity index (χ4v) is 2.56. The monoisotopic (exact) mass is 249 g/mol. The van der Waals surface area contributed by atoms with E-state index in [1.807, 2.05) is 26.1 Å². The molecule has 100 valence electrons. The molecule has 0 bridgehead atoms. The first-order valence-electron chi connectivity index (χ1n) is 6.81. The maximum atomic E-state index is 5.71. The predicted molar refractivity (Wildman–Crippen MR) is 73.0 cm³/mol. The highest BCUT2D eigenvalue weighted by atomic mass is 16.5. The number of nitrogens with one attached hydrogen (secondary N) is 1. The van der Waals surface area contributed by atoms with Gasteiger partial charge in [-0.3, -0.25) is 0 Å². The molecule has 1 aliphatic heterocycles. The molecule has 0 radical (unpaired) electrons. The lowest BCUT2D eigenvalue weighted by Crippen LogP contribution is -2.21. The topological polar surface area (TPSA) is 30.5 Å². The van der Waals surface area contributed by atoms with Gasteiger partial charge >= 0.3 is 0 Å². The van der Waals surface area contributed by atoms with Gasteiger partial charge in [-0.15, -0.1) is 0 Å². The summed E-state index contributed by atoms with van der Waals surface area (Å²) in [6, 6.07) is 8.66. The lowest BCUT2D eigenvalue weighted by atomic mass is 9.94. The maximum absolute atomic E-state index is 5.71. The molecule has 1 fully saturated rings. The lowest BCUT2D eigenvalue weighted by molar-refractivity contribution is 0.181. The third-order valence-electron chi connectivity index (χ3n) is 3.54. The Morgan fingerprint density at radius 1 is 1.44 bits per heavy atom. The van der Waals surface area contributed by atoms with Gasteiger partial charge in [0.15, 0.2) is 0 Å². The highest BCUT2D eigenvalue weighted by Gasteiger charge is 2.22. The van der Waals surface area contributed by atoms with Crippen molar-refractivity contribution in [3.05, 3.63) is 29.8 Å². The molecular formula is C15H23NO2. The van der Waals surface area contributed by atoms with E-state index in [2.05, 4.69) is 17.4 Å². The van der Waals surface area contributed by atoms with Crippen molar-refractivity contribution in [2.75, 3.05) is 26.9 Å². The van der Waals surface area contributed by atoms with Gasteiger partial charge in [0, 0.05) is 24.8 Å². The molecular weight excluding hydrogens is 226 g/mol. The van der Waals surface area contributed by atoms with E-state index in [1.54, 1.807) is 0 Å². The SMILES string of the molecule is CCOc1ccccc1C(CC1CCOC1)NC. The van der Waals surface area contributed by atoms with Gasteiger partial charge in [0.2, 0.25) is 0 Å². The van der Waals surface area contributed by atoms with E-state index in [-0.39, 0.29) is 0 Å². The molecule has 1 heterocycles. The van der Waals surface area contributed by atoms with Gasteiger partial charge in [-0.2, -0.15) is 0 Å². The summed E-state index contributed by atoms with van der Waals surface area (Å²) in [4.78, 5) is 0. The Balaban J connectivity index is 2.10. The van der Waals surface area contributed by atoms with Crippen LogP contribution in [-0.4, -0.2) is 26.9 Å². The standard InChI is InChI=1S/C15H23NO2/c1-3-18-15-7-5-4-6-13(15)14(16-2)10-12-8-9-17-11-12/h4-7,12,14,16H,3,8-11H2,1-2H3. The van der Waals surface area contributed by atoms with Gasteiger partial charge in [-0.05, 0) is 38.8 Å². The molecule has 0 amide bonds. The largest absolute Gasteiger partial charge is 0.494 e. The summed E-state index contributed by atoms with van der Waals surface area (Å²) >= 11 is 0. The first-order chi connectivity index (χ1) is 8.85. The van der Waals surface area contributed by atoms with Gasteiger partial charge < -0.3 is 14.8 Å². The molecule has 1 aliphatic rings. The zero-order chi connectivity index (χ0) is 12.8. The second kappa shape index (κ2) is 6.76. The highest BCUT2D eigenvalue weighted by Crippen LogP contribution is 2.31. The molecule has 0 saturated carbocycles. The van der Waals surface area contributed by atoms with Crippen LogP contribution in [0.1, 0.15) is 31.4 Å². The number of para-hydroxylation sites is 1. The van der Waals surface area contributed by atoms with Crippen molar-refractivity contribution in [1.82, 2.24) is 5.32 Å². The Labute approximate surface area is 109 Å². The molecule has 0 spiro atoms. The Morgan fingerprint density at radius 2 is 2.28 bits per heavy atom. The molecule has 1 aromatic rings. The van der Waals surface area contributed by atoms with Crippen LogP contribution in [0.2, 0.25) is 0 Å². The fourth-order valence-electron chi connectivity index (χ4n) is 2.56. The Bertz CT molecular complexity index is 361. The summed E-state index contributed by atoms with van der Waals surface area (Å²) in [6.07, 6.45) is 2.29. The fraction of sp³-hybridized carbons (Fsp3) is 0.600. The quantitative estimate of drug-likeness (QED) is 0.841. The van der Waals surface area contributed by atoms with Gasteiger partial charge in [-0.1, -0.05) is 18.2 Å². The van der Waals surface area contributed by atoms with Crippen LogP contribution in [0.4, 0.5) is 0 Å². The van der Waals surface area contributed by atoms with Crippen LogP contribution in [0.5, 0.6) is 5.75 Å². The molecule has 0 aromatic heterocycles. The summed E-state index contributed by atoms with van der Waals surface area (Å²) < 4.78 is 11.2. The first-order valence-corrected chi connectivity index (χ1v) is 6.81. The van der Waals surface area contributed by atoms with Crippen molar-refractivity contribution in [2.24, 2.45) is 5.92 Å². The highest BCUT2D eigenvalue weighted by molar-refractivity contribution is 5.36. The number of ether oxygens (including phenoxy) is 2. The third kappa shape index (κ3) is 3.24. The van der Waals surface area contributed by atoms with Crippen molar-refractivity contribution in [3.8, 4) is 5.75 Å². The molecule has 3 heteroatoms. The van der Waals surface area contributed by atoms with Gasteiger partial charge in [-0.25, -0.2) is 0 Å². The van der Waals surface area contributed by atoms with E-state index in [9.17, 15) is 0 Å². The van der Waals surface area contributed by atoms with Crippen LogP contribution in [0.15, 0.2) is 24.3 Å². The average Bonchev–Trinajstić information content (AvgIpc) is 2.90. The van der Waals surface area contributed by atoms with Crippen LogP contribution < -0.4 is 10.1 Å². The van der Waals surface area contributed by atoms with Crippen LogP contribution in [-0.2, 0) is 4.74 Å². The van der Waals surface area contributed by atoms with Crippen molar-refractivity contribution in [1.29, 1.82) is 0 Å². The van der Waals surface area contributed by atoms with E-state index >= 15 is 0 Å².